The summed E-state index contributed by atoms with van der Waals surface area (Å²) < 4.78 is 11.1. The summed E-state index contributed by atoms with van der Waals surface area (Å²) in [5, 5.41) is 0. The molecular weight excluding hydrogens is 244 g/mol. The molecule has 19 heavy (non-hydrogen) atoms. The SMILES string of the molecule is CC(C)COC1CCN(C(=O)C2(N)CCOCC2)C1. The maximum absolute atomic E-state index is 12.5. The molecule has 5 nitrogen and oxygen atoms in total. The van der Waals surface area contributed by atoms with Crippen LogP contribution >= 0.6 is 0 Å². The smallest absolute Gasteiger partial charge is 0.242 e. The maximum Gasteiger partial charge on any atom is 0.242 e. The topological polar surface area (TPSA) is 64.8 Å². The van der Waals surface area contributed by atoms with E-state index in [2.05, 4.69) is 13.8 Å². The fourth-order valence-electron chi connectivity index (χ4n) is 2.64. The summed E-state index contributed by atoms with van der Waals surface area (Å²) >= 11 is 0. The molecule has 0 radical (unpaired) electrons. The first-order valence-electron chi connectivity index (χ1n) is 7.29. The first-order chi connectivity index (χ1) is 9.01. The summed E-state index contributed by atoms with van der Waals surface area (Å²) in [5.41, 5.74) is 5.52. The van der Waals surface area contributed by atoms with E-state index in [4.69, 9.17) is 15.2 Å². The van der Waals surface area contributed by atoms with Crippen molar-refractivity contribution in [3.05, 3.63) is 0 Å². The number of carbonyl (C=O) groups excluding carboxylic acids is 1. The van der Waals surface area contributed by atoms with E-state index < -0.39 is 5.54 Å². The van der Waals surface area contributed by atoms with Crippen LogP contribution in [0.1, 0.15) is 33.1 Å². The van der Waals surface area contributed by atoms with Gasteiger partial charge in [0.05, 0.1) is 11.6 Å². The number of hydrogen-bond acceptors (Lipinski definition) is 4. The Bertz CT molecular complexity index is 314. The molecule has 1 unspecified atom stereocenters. The Morgan fingerprint density at radius 2 is 2.16 bits per heavy atom. The number of ether oxygens (including phenoxy) is 2. The van der Waals surface area contributed by atoms with Crippen LogP contribution in [-0.4, -0.2) is 55.4 Å². The molecule has 2 saturated heterocycles. The van der Waals surface area contributed by atoms with Crippen molar-refractivity contribution in [2.45, 2.75) is 44.8 Å². The van der Waals surface area contributed by atoms with E-state index in [1.165, 1.54) is 0 Å². The standard InChI is InChI=1S/C14H26N2O3/c1-11(2)10-19-12-3-6-16(9-12)13(17)14(15)4-7-18-8-5-14/h11-12H,3-10,15H2,1-2H3. The number of nitrogens with zero attached hydrogens (tertiary/aromatic N) is 1. The molecule has 2 rings (SSSR count). The van der Waals surface area contributed by atoms with Crippen LogP contribution < -0.4 is 5.73 Å². The molecule has 2 fully saturated rings. The van der Waals surface area contributed by atoms with E-state index >= 15 is 0 Å². The largest absolute Gasteiger partial charge is 0.381 e. The third kappa shape index (κ3) is 3.68. The van der Waals surface area contributed by atoms with Crippen molar-refractivity contribution in [1.29, 1.82) is 0 Å². The van der Waals surface area contributed by atoms with Crippen molar-refractivity contribution in [1.82, 2.24) is 4.90 Å². The lowest BCUT2D eigenvalue weighted by Crippen LogP contribution is -2.57. The zero-order valence-electron chi connectivity index (χ0n) is 12.1. The minimum absolute atomic E-state index is 0.0754. The van der Waals surface area contributed by atoms with Gasteiger partial charge in [0.1, 0.15) is 0 Å². The fraction of sp³-hybridized carbons (Fsp3) is 0.929. The Hall–Kier alpha value is -0.650. The molecule has 1 atom stereocenters. The van der Waals surface area contributed by atoms with E-state index in [0.29, 0.717) is 38.5 Å². The quantitative estimate of drug-likeness (QED) is 0.819. The van der Waals surface area contributed by atoms with Gasteiger partial charge in [0.2, 0.25) is 5.91 Å². The van der Waals surface area contributed by atoms with Crippen LogP contribution in [0.5, 0.6) is 0 Å². The Morgan fingerprint density at radius 1 is 1.47 bits per heavy atom. The molecule has 0 saturated carbocycles. The van der Waals surface area contributed by atoms with E-state index in [1.54, 1.807) is 0 Å². The Labute approximate surface area is 115 Å². The molecule has 2 heterocycles. The number of rotatable bonds is 4. The molecular formula is C14H26N2O3. The molecule has 110 valence electrons. The van der Waals surface area contributed by atoms with E-state index in [1.807, 2.05) is 4.90 Å². The lowest BCUT2D eigenvalue weighted by atomic mass is 9.90. The molecule has 0 bridgehead atoms. The summed E-state index contributed by atoms with van der Waals surface area (Å²) in [6, 6.07) is 0. The minimum atomic E-state index is -0.717. The molecule has 0 aromatic carbocycles. The second-order valence-corrected chi connectivity index (χ2v) is 6.16. The van der Waals surface area contributed by atoms with E-state index in [0.717, 1.165) is 19.6 Å². The highest BCUT2D eigenvalue weighted by Crippen LogP contribution is 2.24. The molecule has 1 amide bonds. The number of carbonyl (C=O) groups is 1. The lowest BCUT2D eigenvalue weighted by molar-refractivity contribution is -0.140. The van der Waals surface area contributed by atoms with Crippen molar-refractivity contribution in [3.8, 4) is 0 Å². The van der Waals surface area contributed by atoms with Crippen LogP contribution in [0.3, 0.4) is 0 Å². The molecule has 0 spiro atoms. The highest BCUT2D eigenvalue weighted by Gasteiger charge is 2.41. The van der Waals surface area contributed by atoms with Crippen molar-refractivity contribution < 1.29 is 14.3 Å². The normalized spacial score (nSPS) is 26.9. The molecule has 0 aromatic heterocycles. The van der Waals surface area contributed by atoms with Crippen molar-refractivity contribution >= 4 is 5.91 Å². The minimum Gasteiger partial charge on any atom is -0.381 e. The second-order valence-electron chi connectivity index (χ2n) is 6.16. The predicted octanol–water partition coefficient (Wildman–Crippen LogP) is 0.768. The first kappa shape index (κ1) is 14.8. The van der Waals surface area contributed by atoms with Gasteiger partial charge in [0, 0.05) is 32.9 Å². The predicted molar refractivity (Wildman–Crippen MR) is 72.7 cm³/mol. The summed E-state index contributed by atoms with van der Waals surface area (Å²) in [7, 11) is 0. The molecule has 2 aliphatic heterocycles. The van der Waals surface area contributed by atoms with Gasteiger partial charge in [0.25, 0.3) is 0 Å². The van der Waals surface area contributed by atoms with Gasteiger partial charge in [-0.25, -0.2) is 0 Å². The number of likely N-dealkylation sites (tertiary alicyclic amines) is 1. The summed E-state index contributed by atoms with van der Waals surface area (Å²) in [4.78, 5) is 14.4. The van der Waals surface area contributed by atoms with Crippen molar-refractivity contribution in [2.24, 2.45) is 11.7 Å². The van der Waals surface area contributed by atoms with Gasteiger partial charge in [-0.05, 0) is 25.2 Å². The van der Waals surface area contributed by atoms with Crippen LogP contribution in [0.25, 0.3) is 0 Å². The Balaban J connectivity index is 1.84. The van der Waals surface area contributed by atoms with Gasteiger partial charge < -0.3 is 20.1 Å². The molecule has 2 N–H and O–H groups in total. The monoisotopic (exact) mass is 270 g/mol. The maximum atomic E-state index is 12.5. The van der Waals surface area contributed by atoms with Gasteiger partial charge in [-0.3, -0.25) is 4.79 Å². The zero-order valence-corrected chi connectivity index (χ0v) is 12.1. The lowest BCUT2D eigenvalue weighted by Gasteiger charge is -2.35. The Morgan fingerprint density at radius 3 is 2.79 bits per heavy atom. The van der Waals surface area contributed by atoms with E-state index in [-0.39, 0.29) is 12.0 Å². The van der Waals surface area contributed by atoms with Crippen LogP contribution in [0.2, 0.25) is 0 Å². The summed E-state index contributed by atoms with van der Waals surface area (Å²) in [5.74, 6) is 0.604. The van der Waals surface area contributed by atoms with Gasteiger partial charge >= 0.3 is 0 Å². The van der Waals surface area contributed by atoms with Gasteiger partial charge in [0.15, 0.2) is 0 Å². The summed E-state index contributed by atoms with van der Waals surface area (Å²) in [6.07, 6.45) is 2.35. The second kappa shape index (κ2) is 6.20. The Kier molecular flexibility index (Phi) is 4.81. The highest BCUT2D eigenvalue weighted by atomic mass is 16.5. The molecule has 0 aliphatic carbocycles. The van der Waals surface area contributed by atoms with Gasteiger partial charge in [-0.2, -0.15) is 0 Å². The first-order valence-corrected chi connectivity index (χ1v) is 7.29. The third-order valence-electron chi connectivity index (χ3n) is 3.91. The zero-order chi connectivity index (χ0) is 13.9. The van der Waals surface area contributed by atoms with Gasteiger partial charge in [-0.15, -0.1) is 0 Å². The fourth-order valence-corrected chi connectivity index (χ4v) is 2.64. The number of amides is 1. The average Bonchev–Trinajstić information content (AvgIpc) is 2.85. The third-order valence-corrected chi connectivity index (χ3v) is 3.91. The van der Waals surface area contributed by atoms with Crippen LogP contribution in [0, 0.1) is 5.92 Å². The van der Waals surface area contributed by atoms with Crippen molar-refractivity contribution in [2.75, 3.05) is 32.9 Å². The van der Waals surface area contributed by atoms with E-state index in [9.17, 15) is 4.79 Å². The van der Waals surface area contributed by atoms with Gasteiger partial charge in [-0.1, -0.05) is 13.8 Å². The van der Waals surface area contributed by atoms with Crippen molar-refractivity contribution in [3.63, 3.8) is 0 Å². The molecule has 5 heteroatoms. The number of hydrogen-bond donors (Lipinski definition) is 1. The number of nitrogens with two attached hydrogens (primary N) is 1. The average molecular weight is 270 g/mol. The van der Waals surface area contributed by atoms with Crippen LogP contribution in [0.4, 0.5) is 0 Å². The highest BCUT2D eigenvalue weighted by molar-refractivity contribution is 5.86. The summed E-state index contributed by atoms with van der Waals surface area (Å²) in [6.45, 7) is 7.65. The van der Waals surface area contributed by atoms with Crippen LogP contribution in [0.15, 0.2) is 0 Å². The van der Waals surface area contributed by atoms with Crippen LogP contribution in [-0.2, 0) is 14.3 Å². The molecule has 2 aliphatic rings. The molecule has 0 aromatic rings.